The summed E-state index contributed by atoms with van der Waals surface area (Å²) in [5, 5.41) is 10.6. The molecule has 6 heteroatoms. The lowest BCUT2D eigenvalue weighted by molar-refractivity contribution is -0.138. The first-order valence-electron chi connectivity index (χ1n) is 7.65. The van der Waals surface area contributed by atoms with Crippen LogP contribution in [0.5, 0.6) is 5.75 Å². The molecule has 3 rings (SSSR count). The molecule has 5 nitrogen and oxygen atoms in total. The molecule has 1 aromatic heterocycles. The molecular formula is C19H16ClNO4. The normalized spacial score (nSPS) is 12.1. The molecule has 0 aliphatic rings. The first-order valence-corrected chi connectivity index (χ1v) is 8.03. The number of halogens is 1. The summed E-state index contributed by atoms with van der Waals surface area (Å²) in [6.45, 7) is 1.56. The first-order chi connectivity index (χ1) is 11.9. The van der Waals surface area contributed by atoms with Gasteiger partial charge in [0.2, 0.25) is 5.78 Å². The Morgan fingerprint density at radius 2 is 1.96 bits per heavy atom. The van der Waals surface area contributed by atoms with Crippen LogP contribution in [-0.2, 0) is 4.79 Å². The smallest absolute Gasteiger partial charge is 0.310 e. The van der Waals surface area contributed by atoms with Crippen molar-refractivity contribution < 1.29 is 19.4 Å². The van der Waals surface area contributed by atoms with Crippen molar-refractivity contribution in [1.29, 1.82) is 0 Å². The summed E-state index contributed by atoms with van der Waals surface area (Å²) in [4.78, 5) is 27.6. The fraction of sp³-hybridized carbons (Fsp3) is 0.158. The number of aromatic nitrogens is 1. The van der Waals surface area contributed by atoms with E-state index in [2.05, 4.69) is 4.98 Å². The number of H-pyrrole nitrogens is 1. The van der Waals surface area contributed by atoms with E-state index in [1.54, 1.807) is 49.4 Å². The van der Waals surface area contributed by atoms with Gasteiger partial charge in [-0.05, 0) is 31.2 Å². The summed E-state index contributed by atoms with van der Waals surface area (Å²) in [6.07, 6.45) is 0. The summed E-state index contributed by atoms with van der Waals surface area (Å²) in [6, 6.07) is 11.8. The van der Waals surface area contributed by atoms with Crippen molar-refractivity contribution >= 4 is 34.3 Å². The van der Waals surface area contributed by atoms with Gasteiger partial charge in [-0.25, -0.2) is 0 Å². The SMILES string of the molecule is COc1cccc(C(=O)c2[nH]c3cc(Cl)ccc3c2C(C)C(=O)O)c1. The molecule has 0 fully saturated rings. The number of aliphatic carboxylic acids is 1. The fourth-order valence-electron chi connectivity index (χ4n) is 2.85. The van der Waals surface area contributed by atoms with Gasteiger partial charge in [0.05, 0.1) is 18.7 Å². The molecule has 1 atom stereocenters. The molecule has 0 saturated carbocycles. The molecule has 1 unspecified atom stereocenters. The molecule has 0 saturated heterocycles. The predicted octanol–water partition coefficient (Wildman–Crippen LogP) is 4.25. The molecule has 0 spiro atoms. The standard InChI is InChI=1S/C19H16ClNO4/c1-10(19(23)24)16-14-7-6-12(20)9-15(14)21-17(16)18(22)11-4-3-5-13(8-11)25-2/h3-10,21H,1-2H3,(H,23,24). The van der Waals surface area contributed by atoms with Gasteiger partial charge < -0.3 is 14.8 Å². The summed E-state index contributed by atoms with van der Waals surface area (Å²) in [7, 11) is 1.52. The van der Waals surface area contributed by atoms with Crippen molar-refractivity contribution in [3.8, 4) is 5.75 Å². The Balaban J connectivity index is 2.21. The Morgan fingerprint density at radius 1 is 1.20 bits per heavy atom. The van der Waals surface area contributed by atoms with Gasteiger partial charge in [0.25, 0.3) is 0 Å². The van der Waals surface area contributed by atoms with Crippen LogP contribution in [0.25, 0.3) is 10.9 Å². The van der Waals surface area contributed by atoms with Gasteiger partial charge in [0, 0.05) is 27.1 Å². The lowest BCUT2D eigenvalue weighted by Crippen LogP contribution is -2.13. The van der Waals surface area contributed by atoms with Crippen LogP contribution < -0.4 is 4.74 Å². The third kappa shape index (κ3) is 3.10. The van der Waals surface area contributed by atoms with Gasteiger partial charge in [-0.3, -0.25) is 9.59 Å². The summed E-state index contributed by atoms with van der Waals surface area (Å²) in [5.74, 6) is -1.60. The van der Waals surface area contributed by atoms with Gasteiger partial charge in [-0.1, -0.05) is 29.8 Å². The quantitative estimate of drug-likeness (QED) is 0.669. The van der Waals surface area contributed by atoms with Crippen LogP contribution in [0, 0.1) is 0 Å². The van der Waals surface area contributed by atoms with Crippen LogP contribution in [0.3, 0.4) is 0 Å². The minimum Gasteiger partial charge on any atom is -0.497 e. The number of ether oxygens (including phenoxy) is 1. The summed E-state index contributed by atoms with van der Waals surface area (Å²) < 4.78 is 5.16. The van der Waals surface area contributed by atoms with Crippen molar-refractivity contribution in [2.24, 2.45) is 0 Å². The largest absolute Gasteiger partial charge is 0.497 e. The van der Waals surface area contributed by atoms with E-state index in [9.17, 15) is 14.7 Å². The van der Waals surface area contributed by atoms with Crippen LogP contribution in [0.15, 0.2) is 42.5 Å². The lowest BCUT2D eigenvalue weighted by atomic mass is 9.94. The monoisotopic (exact) mass is 357 g/mol. The number of aromatic amines is 1. The van der Waals surface area contributed by atoms with Crippen molar-refractivity contribution in [2.75, 3.05) is 7.11 Å². The zero-order valence-electron chi connectivity index (χ0n) is 13.7. The van der Waals surface area contributed by atoms with E-state index < -0.39 is 11.9 Å². The third-order valence-electron chi connectivity index (χ3n) is 4.16. The predicted molar refractivity (Wildman–Crippen MR) is 95.8 cm³/mol. The third-order valence-corrected chi connectivity index (χ3v) is 4.40. The Bertz CT molecular complexity index is 977. The van der Waals surface area contributed by atoms with Crippen molar-refractivity contribution in [3.63, 3.8) is 0 Å². The number of hydrogen-bond donors (Lipinski definition) is 2. The number of ketones is 1. The van der Waals surface area contributed by atoms with Gasteiger partial charge in [0.15, 0.2) is 0 Å². The Labute approximate surface area is 149 Å². The zero-order valence-corrected chi connectivity index (χ0v) is 14.4. The van der Waals surface area contributed by atoms with E-state index in [0.29, 0.717) is 32.8 Å². The Kier molecular flexibility index (Phi) is 4.51. The minimum absolute atomic E-state index is 0.250. The van der Waals surface area contributed by atoms with Crippen LogP contribution in [0.4, 0.5) is 0 Å². The van der Waals surface area contributed by atoms with Gasteiger partial charge in [-0.2, -0.15) is 0 Å². The highest BCUT2D eigenvalue weighted by Crippen LogP contribution is 2.33. The average molecular weight is 358 g/mol. The number of nitrogens with one attached hydrogen (secondary N) is 1. The number of methoxy groups -OCH3 is 1. The van der Waals surface area contributed by atoms with Crippen LogP contribution in [-0.4, -0.2) is 29.0 Å². The maximum Gasteiger partial charge on any atom is 0.310 e. The number of carboxylic acids is 1. The van der Waals surface area contributed by atoms with E-state index in [4.69, 9.17) is 16.3 Å². The number of carbonyl (C=O) groups is 2. The summed E-state index contributed by atoms with van der Waals surface area (Å²) >= 11 is 6.02. The van der Waals surface area contributed by atoms with E-state index >= 15 is 0 Å². The van der Waals surface area contributed by atoms with E-state index in [1.165, 1.54) is 7.11 Å². The molecule has 0 bridgehead atoms. The molecule has 0 radical (unpaired) electrons. The molecule has 0 aliphatic carbocycles. The van der Waals surface area contributed by atoms with Gasteiger partial charge in [0.1, 0.15) is 5.75 Å². The van der Waals surface area contributed by atoms with E-state index in [1.807, 2.05) is 0 Å². The highest BCUT2D eigenvalue weighted by Gasteiger charge is 2.27. The zero-order chi connectivity index (χ0) is 18.1. The molecule has 1 heterocycles. The van der Waals surface area contributed by atoms with E-state index in [0.717, 1.165) is 0 Å². The minimum atomic E-state index is -1.00. The van der Waals surface area contributed by atoms with Crippen molar-refractivity contribution in [2.45, 2.75) is 12.8 Å². The number of carbonyl (C=O) groups excluding carboxylic acids is 1. The van der Waals surface area contributed by atoms with Crippen molar-refractivity contribution in [3.05, 3.63) is 64.3 Å². The van der Waals surface area contributed by atoms with Crippen molar-refractivity contribution in [1.82, 2.24) is 4.98 Å². The van der Waals surface area contributed by atoms with Crippen LogP contribution in [0.1, 0.15) is 34.5 Å². The highest BCUT2D eigenvalue weighted by atomic mass is 35.5. The Morgan fingerprint density at radius 3 is 2.64 bits per heavy atom. The Hall–Kier alpha value is -2.79. The number of fused-ring (bicyclic) bond motifs is 1. The number of rotatable bonds is 5. The first kappa shape index (κ1) is 17.0. The molecule has 128 valence electrons. The average Bonchev–Trinajstić information content (AvgIpc) is 2.98. The second-order valence-electron chi connectivity index (χ2n) is 5.72. The fourth-order valence-corrected chi connectivity index (χ4v) is 3.02. The van der Waals surface area contributed by atoms with Crippen LogP contribution in [0.2, 0.25) is 5.02 Å². The van der Waals surface area contributed by atoms with Crippen LogP contribution >= 0.6 is 11.6 Å². The molecule has 2 aromatic carbocycles. The maximum atomic E-state index is 13.0. The lowest BCUT2D eigenvalue weighted by Gasteiger charge is -2.09. The molecule has 2 N–H and O–H groups in total. The number of benzene rings is 2. The molecule has 0 amide bonds. The topological polar surface area (TPSA) is 79.4 Å². The number of hydrogen-bond acceptors (Lipinski definition) is 3. The second kappa shape index (κ2) is 6.61. The van der Waals surface area contributed by atoms with Gasteiger partial charge >= 0.3 is 5.97 Å². The molecule has 25 heavy (non-hydrogen) atoms. The molecule has 0 aliphatic heterocycles. The second-order valence-corrected chi connectivity index (χ2v) is 6.16. The molecule has 3 aromatic rings. The summed E-state index contributed by atoms with van der Waals surface area (Å²) in [5.41, 5.74) is 1.74. The maximum absolute atomic E-state index is 13.0. The van der Waals surface area contributed by atoms with E-state index in [-0.39, 0.29) is 11.5 Å². The highest BCUT2D eigenvalue weighted by molar-refractivity contribution is 6.31. The molecular weight excluding hydrogens is 342 g/mol. The van der Waals surface area contributed by atoms with Gasteiger partial charge in [-0.15, -0.1) is 0 Å². The number of carboxylic acid groups (broad SMARTS) is 1.